The van der Waals surface area contributed by atoms with E-state index >= 15 is 0 Å². The second-order valence-electron chi connectivity index (χ2n) is 2.81. The minimum Gasteiger partial charge on any atom is -0.382 e. The van der Waals surface area contributed by atoms with Crippen molar-refractivity contribution in [1.82, 2.24) is 0 Å². The molecule has 0 saturated heterocycles. The number of rotatable bonds is 2. The zero-order chi connectivity index (χ0) is 9.23. The van der Waals surface area contributed by atoms with Crippen molar-refractivity contribution in [3.05, 3.63) is 0 Å². The summed E-state index contributed by atoms with van der Waals surface area (Å²) < 4.78 is 35.2. The maximum absolute atomic E-state index is 11.7. The van der Waals surface area contributed by atoms with E-state index in [1.165, 1.54) is 13.8 Å². The first-order chi connectivity index (χ1) is 4.76. The Bertz CT molecular complexity index is 123. The van der Waals surface area contributed by atoms with Crippen LogP contribution >= 0.6 is 0 Å². The Morgan fingerprint density at radius 1 is 1.27 bits per heavy atom. The van der Waals surface area contributed by atoms with E-state index in [2.05, 4.69) is 0 Å². The fourth-order valence-electron chi connectivity index (χ4n) is 0.583. The zero-order valence-corrected chi connectivity index (χ0v) is 6.39. The lowest BCUT2D eigenvalue weighted by Gasteiger charge is -2.23. The largest absolute Gasteiger partial charge is 0.415 e. The molecule has 0 saturated carbocycles. The fourth-order valence-corrected chi connectivity index (χ4v) is 0.583. The van der Waals surface area contributed by atoms with E-state index in [4.69, 9.17) is 10.8 Å². The van der Waals surface area contributed by atoms with Gasteiger partial charge < -0.3 is 10.8 Å². The molecular weight excluding hydrogens is 159 g/mol. The van der Waals surface area contributed by atoms with Crippen LogP contribution < -0.4 is 5.73 Å². The number of hydrogen-bond donors (Lipinski definition) is 2. The highest BCUT2D eigenvalue weighted by atomic mass is 19.4. The van der Waals surface area contributed by atoms with E-state index in [-0.39, 0.29) is 5.92 Å². The van der Waals surface area contributed by atoms with Gasteiger partial charge in [0.05, 0.1) is 0 Å². The Kier molecular flexibility index (Phi) is 3.31. The predicted octanol–water partition coefficient (Wildman–Crippen LogP) is 0.893. The average Bonchev–Trinajstić information content (AvgIpc) is 1.82. The Balaban J connectivity index is 4.13. The summed E-state index contributed by atoms with van der Waals surface area (Å²) in [6, 6.07) is -1.24. The van der Waals surface area contributed by atoms with Gasteiger partial charge in [0, 0.05) is 6.04 Å². The van der Waals surface area contributed by atoms with Gasteiger partial charge in [-0.05, 0) is 5.92 Å². The van der Waals surface area contributed by atoms with E-state index in [0.29, 0.717) is 0 Å². The number of aliphatic hydroxyl groups excluding tert-OH is 1. The van der Waals surface area contributed by atoms with E-state index in [1.54, 1.807) is 0 Å². The highest BCUT2D eigenvalue weighted by molar-refractivity contribution is 4.80. The van der Waals surface area contributed by atoms with Crippen LogP contribution in [0.1, 0.15) is 13.8 Å². The third kappa shape index (κ3) is 3.07. The van der Waals surface area contributed by atoms with Gasteiger partial charge in [-0.25, -0.2) is 0 Å². The van der Waals surface area contributed by atoms with Crippen molar-refractivity contribution in [2.45, 2.75) is 32.2 Å². The van der Waals surface area contributed by atoms with Gasteiger partial charge in [-0.3, -0.25) is 0 Å². The first-order valence-electron chi connectivity index (χ1n) is 3.27. The molecule has 2 nitrogen and oxygen atoms in total. The summed E-state index contributed by atoms with van der Waals surface area (Å²) in [4.78, 5) is 0. The first-order valence-corrected chi connectivity index (χ1v) is 3.27. The molecule has 0 aromatic heterocycles. The predicted molar refractivity (Wildman–Crippen MR) is 34.9 cm³/mol. The highest BCUT2D eigenvalue weighted by Gasteiger charge is 2.42. The van der Waals surface area contributed by atoms with Gasteiger partial charge >= 0.3 is 6.18 Å². The lowest BCUT2D eigenvalue weighted by Crippen LogP contribution is -2.47. The van der Waals surface area contributed by atoms with Crippen LogP contribution in [0.15, 0.2) is 0 Å². The number of alkyl halides is 3. The molecule has 0 amide bonds. The first kappa shape index (κ1) is 10.7. The molecule has 0 spiro atoms. The lowest BCUT2D eigenvalue weighted by atomic mass is 9.99. The Labute approximate surface area is 63.2 Å². The summed E-state index contributed by atoms with van der Waals surface area (Å²) in [5.74, 6) is -0.383. The van der Waals surface area contributed by atoms with Gasteiger partial charge in [0.15, 0.2) is 6.10 Å². The van der Waals surface area contributed by atoms with Crippen LogP contribution in [-0.2, 0) is 0 Å². The van der Waals surface area contributed by atoms with Gasteiger partial charge in [0.25, 0.3) is 0 Å². The maximum atomic E-state index is 11.7. The molecule has 2 atom stereocenters. The SMILES string of the molecule is CC(C)[C@H](N)C(O)C(F)(F)F. The van der Waals surface area contributed by atoms with Gasteiger partial charge in [-0.15, -0.1) is 0 Å². The van der Waals surface area contributed by atoms with Crippen molar-refractivity contribution < 1.29 is 18.3 Å². The van der Waals surface area contributed by atoms with E-state index in [1.807, 2.05) is 0 Å². The molecular formula is C6H12F3NO. The van der Waals surface area contributed by atoms with Crippen LogP contribution in [-0.4, -0.2) is 23.4 Å². The van der Waals surface area contributed by atoms with Crippen LogP contribution in [0.2, 0.25) is 0 Å². The van der Waals surface area contributed by atoms with Crippen molar-refractivity contribution in [2.75, 3.05) is 0 Å². The van der Waals surface area contributed by atoms with E-state index in [9.17, 15) is 13.2 Å². The third-order valence-electron chi connectivity index (χ3n) is 1.47. The molecule has 0 aliphatic heterocycles. The molecule has 68 valence electrons. The summed E-state index contributed by atoms with van der Waals surface area (Å²) >= 11 is 0. The number of nitrogens with two attached hydrogens (primary N) is 1. The minimum absolute atomic E-state index is 0.383. The zero-order valence-electron chi connectivity index (χ0n) is 6.39. The lowest BCUT2D eigenvalue weighted by molar-refractivity contribution is -0.212. The van der Waals surface area contributed by atoms with Crippen molar-refractivity contribution in [3.63, 3.8) is 0 Å². The van der Waals surface area contributed by atoms with Gasteiger partial charge in [0.2, 0.25) is 0 Å². The van der Waals surface area contributed by atoms with Crippen LogP contribution in [0.25, 0.3) is 0 Å². The quantitative estimate of drug-likeness (QED) is 0.648. The molecule has 11 heavy (non-hydrogen) atoms. The Hall–Kier alpha value is -0.290. The van der Waals surface area contributed by atoms with Gasteiger partial charge in [0.1, 0.15) is 0 Å². The molecule has 0 rings (SSSR count). The Morgan fingerprint density at radius 2 is 1.64 bits per heavy atom. The smallest absolute Gasteiger partial charge is 0.382 e. The second kappa shape index (κ2) is 3.40. The van der Waals surface area contributed by atoms with E-state index in [0.717, 1.165) is 0 Å². The molecule has 0 aromatic carbocycles. The average molecular weight is 171 g/mol. The molecule has 0 heterocycles. The Morgan fingerprint density at radius 3 is 1.73 bits per heavy atom. The van der Waals surface area contributed by atoms with Crippen LogP contribution in [0.4, 0.5) is 13.2 Å². The van der Waals surface area contributed by atoms with Crippen LogP contribution in [0.5, 0.6) is 0 Å². The van der Waals surface area contributed by atoms with Crippen LogP contribution in [0.3, 0.4) is 0 Å². The molecule has 0 bridgehead atoms. The van der Waals surface area contributed by atoms with Gasteiger partial charge in [-0.2, -0.15) is 13.2 Å². The third-order valence-corrected chi connectivity index (χ3v) is 1.47. The van der Waals surface area contributed by atoms with Crippen molar-refractivity contribution in [3.8, 4) is 0 Å². The topological polar surface area (TPSA) is 46.2 Å². The molecule has 3 N–H and O–H groups in total. The molecule has 1 unspecified atom stereocenters. The second-order valence-corrected chi connectivity index (χ2v) is 2.81. The number of aliphatic hydroxyl groups is 1. The van der Waals surface area contributed by atoms with Crippen molar-refractivity contribution in [2.24, 2.45) is 11.7 Å². The van der Waals surface area contributed by atoms with E-state index < -0.39 is 18.3 Å². The van der Waals surface area contributed by atoms with Gasteiger partial charge in [-0.1, -0.05) is 13.8 Å². The summed E-state index contributed by atoms with van der Waals surface area (Å²) in [6.07, 6.45) is -7.02. The van der Waals surface area contributed by atoms with Crippen molar-refractivity contribution >= 4 is 0 Å². The molecule has 0 fully saturated rings. The monoisotopic (exact) mass is 171 g/mol. The normalized spacial score (nSPS) is 18.5. The minimum atomic E-state index is -4.61. The maximum Gasteiger partial charge on any atom is 0.415 e. The van der Waals surface area contributed by atoms with Crippen molar-refractivity contribution in [1.29, 1.82) is 0 Å². The molecule has 0 radical (unpaired) electrons. The summed E-state index contributed by atoms with van der Waals surface area (Å²) in [7, 11) is 0. The summed E-state index contributed by atoms with van der Waals surface area (Å²) in [5.41, 5.74) is 5.08. The molecule has 0 aromatic rings. The summed E-state index contributed by atoms with van der Waals surface area (Å²) in [6.45, 7) is 3.05. The molecule has 5 heteroatoms. The molecule has 0 aliphatic carbocycles. The summed E-state index contributed by atoms with van der Waals surface area (Å²) in [5, 5.41) is 8.57. The standard InChI is InChI=1S/C6H12F3NO/c1-3(2)4(10)5(11)6(7,8)9/h3-5,11H,10H2,1-2H3/t4-,5?/m0/s1. The fraction of sp³-hybridized carbons (Fsp3) is 1.00. The molecule has 0 aliphatic rings. The van der Waals surface area contributed by atoms with Crippen LogP contribution in [0, 0.1) is 5.92 Å². The number of halogens is 3. The number of hydrogen-bond acceptors (Lipinski definition) is 2. The highest BCUT2D eigenvalue weighted by Crippen LogP contribution is 2.23.